The van der Waals surface area contributed by atoms with Gasteiger partial charge in [-0.1, -0.05) is 43.5 Å². The molecule has 0 saturated heterocycles. The molecule has 3 aromatic rings. The van der Waals surface area contributed by atoms with E-state index in [1.54, 1.807) is 24.4 Å². The molecule has 0 spiro atoms. The largest absolute Gasteiger partial charge is 0.425 e. The molecule has 0 bridgehead atoms. The molecule has 2 aliphatic carbocycles. The van der Waals surface area contributed by atoms with E-state index in [1.165, 1.54) is 50.3 Å². The van der Waals surface area contributed by atoms with E-state index in [2.05, 4.69) is 5.10 Å². The molecule has 2 N–H and O–H groups in total. The molecule has 1 saturated carbocycles. The van der Waals surface area contributed by atoms with Gasteiger partial charge in [-0.25, -0.2) is 0 Å². The first-order valence-electron chi connectivity index (χ1n) is 11.0. The smallest absolute Gasteiger partial charge is 0.392 e. The number of hydrogen-bond donors (Lipinski definition) is 2. The molecule has 1 heterocycles. The zero-order valence-electron chi connectivity index (χ0n) is 17.6. The van der Waals surface area contributed by atoms with Crippen molar-refractivity contribution in [3.8, 4) is 22.3 Å². The number of aromatic nitrogens is 2. The molecule has 1 aromatic heterocycles. The highest BCUT2D eigenvalue weighted by Gasteiger charge is 2.61. The minimum atomic E-state index is -4.91. The number of hydrogen-bond acceptors (Lipinski definition) is 3. The molecule has 0 radical (unpaired) electrons. The van der Waals surface area contributed by atoms with E-state index in [0.29, 0.717) is 28.2 Å². The maximum absolute atomic E-state index is 14.2. The van der Waals surface area contributed by atoms with Gasteiger partial charge >= 0.3 is 6.18 Å². The zero-order valence-corrected chi connectivity index (χ0v) is 17.6. The number of aliphatic hydroxyl groups is 2. The third-order valence-corrected chi connectivity index (χ3v) is 6.91. The number of aliphatic hydroxyl groups excluding tert-OH is 1. The lowest BCUT2D eigenvalue weighted by Gasteiger charge is -2.28. The number of benzene rings is 2. The van der Waals surface area contributed by atoms with Crippen LogP contribution in [0.4, 0.5) is 13.2 Å². The molecular weight excluding hydrogens is 417 g/mol. The summed E-state index contributed by atoms with van der Waals surface area (Å²) in [5.41, 5.74) is -1.51. The topological polar surface area (TPSA) is 58.3 Å². The van der Waals surface area contributed by atoms with Gasteiger partial charge in [0.2, 0.25) is 5.60 Å². The summed E-state index contributed by atoms with van der Waals surface area (Å²) < 4.78 is 44.5. The lowest BCUT2D eigenvalue weighted by atomic mass is 9.88. The van der Waals surface area contributed by atoms with Gasteiger partial charge in [0, 0.05) is 29.4 Å². The van der Waals surface area contributed by atoms with Crippen LogP contribution in [0.2, 0.25) is 0 Å². The van der Waals surface area contributed by atoms with Crippen LogP contribution < -0.4 is 0 Å². The highest BCUT2D eigenvalue weighted by molar-refractivity contribution is 5.86. The van der Waals surface area contributed by atoms with Crippen molar-refractivity contribution in [2.45, 2.75) is 57.0 Å². The second-order valence-electron chi connectivity index (χ2n) is 8.92. The number of nitrogens with zero attached hydrogens (tertiary/aromatic N) is 2. The summed E-state index contributed by atoms with van der Waals surface area (Å²) in [6.07, 6.45) is 4.61. The lowest BCUT2D eigenvalue weighted by molar-refractivity contribution is -0.246. The maximum Gasteiger partial charge on any atom is 0.425 e. The molecular formula is C25H25F3N2O2. The summed E-state index contributed by atoms with van der Waals surface area (Å²) in [7, 11) is 0. The fraction of sp³-hybridized carbons (Fsp3) is 0.400. The van der Waals surface area contributed by atoms with Crippen LogP contribution in [-0.2, 0) is 18.8 Å². The van der Waals surface area contributed by atoms with Crippen molar-refractivity contribution < 1.29 is 23.4 Å². The molecule has 1 atom stereocenters. The average Bonchev–Trinajstić information content (AvgIpc) is 3.36. The SMILES string of the molecule is OCc1cc(-c2cnn(CC3CCCCC3)c2)cc2c1-c1ccccc1C2(O)C(F)(F)F. The van der Waals surface area contributed by atoms with Gasteiger partial charge in [-0.2, -0.15) is 18.3 Å². The minimum Gasteiger partial charge on any atom is -0.392 e. The van der Waals surface area contributed by atoms with Crippen molar-refractivity contribution >= 4 is 0 Å². The van der Waals surface area contributed by atoms with Gasteiger partial charge in [0.15, 0.2) is 0 Å². The predicted octanol–water partition coefficient (Wildman–Crippen LogP) is 5.40. The fourth-order valence-corrected chi connectivity index (χ4v) is 5.31. The third kappa shape index (κ3) is 3.26. The molecule has 1 fully saturated rings. The molecule has 7 heteroatoms. The Hall–Kier alpha value is -2.64. The predicted molar refractivity (Wildman–Crippen MR) is 115 cm³/mol. The number of rotatable bonds is 4. The Bertz CT molecular complexity index is 1150. The van der Waals surface area contributed by atoms with Crippen molar-refractivity contribution in [1.82, 2.24) is 9.78 Å². The number of alkyl halides is 3. The normalized spacial score (nSPS) is 20.9. The Morgan fingerprint density at radius 2 is 1.78 bits per heavy atom. The average molecular weight is 442 g/mol. The molecule has 5 rings (SSSR count). The number of fused-ring (bicyclic) bond motifs is 3. The summed E-state index contributed by atoms with van der Waals surface area (Å²) in [6, 6.07) is 9.06. The minimum absolute atomic E-state index is 0.206. The van der Waals surface area contributed by atoms with E-state index < -0.39 is 18.4 Å². The fourth-order valence-electron chi connectivity index (χ4n) is 5.31. The van der Waals surface area contributed by atoms with Crippen LogP contribution >= 0.6 is 0 Å². The first kappa shape index (κ1) is 21.2. The van der Waals surface area contributed by atoms with Gasteiger partial charge in [0.25, 0.3) is 0 Å². The van der Waals surface area contributed by atoms with E-state index in [4.69, 9.17) is 0 Å². The van der Waals surface area contributed by atoms with Crippen LogP contribution in [0.15, 0.2) is 48.8 Å². The molecule has 0 amide bonds. The zero-order chi connectivity index (χ0) is 22.5. The van der Waals surface area contributed by atoms with Crippen LogP contribution in [0.25, 0.3) is 22.3 Å². The molecule has 2 aliphatic rings. The summed E-state index contributed by atoms with van der Waals surface area (Å²) in [6.45, 7) is 0.352. The maximum atomic E-state index is 14.2. The van der Waals surface area contributed by atoms with Crippen LogP contribution in [0.3, 0.4) is 0 Å². The van der Waals surface area contributed by atoms with E-state index in [9.17, 15) is 23.4 Å². The molecule has 1 unspecified atom stereocenters. The summed E-state index contributed by atoms with van der Waals surface area (Å²) in [5.74, 6) is 0.564. The van der Waals surface area contributed by atoms with E-state index in [-0.39, 0.29) is 16.7 Å². The van der Waals surface area contributed by atoms with Gasteiger partial charge in [-0.3, -0.25) is 4.68 Å². The number of halogens is 3. The van der Waals surface area contributed by atoms with E-state index in [0.717, 1.165) is 6.54 Å². The van der Waals surface area contributed by atoms with Gasteiger partial charge in [0.1, 0.15) is 0 Å². The van der Waals surface area contributed by atoms with Crippen molar-refractivity contribution in [3.05, 3.63) is 65.5 Å². The Labute approximate surface area is 184 Å². The van der Waals surface area contributed by atoms with Gasteiger partial charge in [0.05, 0.1) is 12.8 Å². The Kier molecular flexibility index (Phi) is 5.13. The van der Waals surface area contributed by atoms with Gasteiger partial charge < -0.3 is 10.2 Å². The highest BCUT2D eigenvalue weighted by atomic mass is 19.4. The van der Waals surface area contributed by atoms with E-state index in [1.807, 2.05) is 10.9 Å². The molecule has 2 aromatic carbocycles. The van der Waals surface area contributed by atoms with Crippen molar-refractivity contribution in [1.29, 1.82) is 0 Å². The Morgan fingerprint density at radius 1 is 1.03 bits per heavy atom. The first-order valence-corrected chi connectivity index (χ1v) is 11.0. The molecule has 32 heavy (non-hydrogen) atoms. The monoisotopic (exact) mass is 442 g/mol. The third-order valence-electron chi connectivity index (χ3n) is 6.91. The van der Waals surface area contributed by atoms with Crippen molar-refractivity contribution in [3.63, 3.8) is 0 Å². The second kappa shape index (κ2) is 7.74. The molecule has 4 nitrogen and oxygen atoms in total. The van der Waals surface area contributed by atoms with Crippen molar-refractivity contribution in [2.24, 2.45) is 5.92 Å². The molecule has 168 valence electrons. The van der Waals surface area contributed by atoms with Crippen LogP contribution in [0.1, 0.15) is 48.8 Å². The van der Waals surface area contributed by atoms with Crippen LogP contribution in [0, 0.1) is 5.92 Å². The Balaban J connectivity index is 1.59. The van der Waals surface area contributed by atoms with E-state index >= 15 is 0 Å². The summed E-state index contributed by atoms with van der Waals surface area (Å²) in [4.78, 5) is 0. The van der Waals surface area contributed by atoms with Crippen molar-refractivity contribution in [2.75, 3.05) is 0 Å². The van der Waals surface area contributed by atoms with Crippen LogP contribution in [-0.4, -0.2) is 26.2 Å². The highest BCUT2D eigenvalue weighted by Crippen LogP contribution is 2.56. The standard InChI is InChI=1S/C25H25F3N2O2/c26-25(27,28)24(32)21-9-5-4-8-20(21)23-18(15-31)10-17(11-22(23)24)19-12-29-30(14-19)13-16-6-2-1-3-7-16/h4-5,8-12,14,16,31-32H,1-3,6-7,13,15H2. The second-order valence-corrected chi connectivity index (χ2v) is 8.92. The molecule has 0 aliphatic heterocycles. The summed E-state index contributed by atoms with van der Waals surface area (Å²) in [5, 5.41) is 25.5. The van der Waals surface area contributed by atoms with Gasteiger partial charge in [-0.15, -0.1) is 0 Å². The van der Waals surface area contributed by atoms with Gasteiger partial charge in [-0.05, 0) is 53.1 Å². The quantitative estimate of drug-likeness (QED) is 0.569. The lowest BCUT2D eigenvalue weighted by Crippen LogP contribution is -2.41. The summed E-state index contributed by atoms with van der Waals surface area (Å²) >= 11 is 0. The van der Waals surface area contributed by atoms with Crippen LogP contribution in [0.5, 0.6) is 0 Å². The Morgan fingerprint density at radius 3 is 2.50 bits per heavy atom. The first-order chi connectivity index (χ1) is 15.3.